The average molecular weight is 397 g/mol. The van der Waals surface area contributed by atoms with Gasteiger partial charge in [-0.1, -0.05) is 0 Å². The van der Waals surface area contributed by atoms with Crippen molar-refractivity contribution in [3.63, 3.8) is 0 Å². The minimum absolute atomic E-state index is 0.763. The summed E-state index contributed by atoms with van der Waals surface area (Å²) in [6, 6.07) is 9.20. The molecule has 0 saturated carbocycles. The van der Waals surface area contributed by atoms with Crippen LogP contribution in [0.25, 0.3) is 0 Å². The van der Waals surface area contributed by atoms with E-state index in [0.29, 0.717) is 0 Å². The van der Waals surface area contributed by atoms with Crippen molar-refractivity contribution in [2.45, 2.75) is 34.1 Å². The molecule has 0 aliphatic carbocycles. The number of fused-ring (bicyclic) bond motifs is 1. The van der Waals surface area contributed by atoms with E-state index in [4.69, 9.17) is 0 Å². The Morgan fingerprint density at radius 3 is 1.80 bits per heavy atom. The van der Waals surface area contributed by atoms with E-state index in [1.807, 2.05) is 0 Å². The van der Waals surface area contributed by atoms with E-state index in [1.54, 1.807) is 8.92 Å². The van der Waals surface area contributed by atoms with E-state index in [-0.39, 0.29) is 0 Å². The molecule has 1 aromatic rings. The van der Waals surface area contributed by atoms with E-state index in [0.717, 1.165) is 44.9 Å². The minimum atomic E-state index is 0.763. The molecule has 0 N–H and O–H groups in total. The predicted octanol–water partition coefficient (Wildman–Crippen LogP) is 1.52. The molecule has 1 aromatic carbocycles. The third-order valence-electron chi connectivity index (χ3n) is 2.23. The third kappa shape index (κ3) is 4.27. The van der Waals surface area contributed by atoms with Crippen LogP contribution in [0.5, 0.6) is 0 Å². The van der Waals surface area contributed by atoms with Gasteiger partial charge in [0.25, 0.3) is 0 Å². The molecule has 15 heavy (non-hydrogen) atoms. The molecule has 0 amide bonds. The van der Waals surface area contributed by atoms with E-state index < -0.39 is 0 Å². The predicted molar refractivity (Wildman–Crippen MR) is 71.4 cm³/mol. The zero-order valence-corrected chi connectivity index (χ0v) is 13.9. The first-order valence-electron chi connectivity index (χ1n) is 5.39. The van der Waals surface area contributed by atoms with Gasteiger partial charge in [0.1, 0.15) is 0 Å². The van der Waals surface area contributed by atoms with E-state index in [9.17, 15) is 0 Å². The average Bonchev–Trinajstić information content (AvgIpc) is 2.32. The second-order valence-electron chi connectivity index (χ2n) is 3.46. The fourth-order valence-electron chi connectivity index (χ4n) is 1.48. The third-order valence-corrected chi connectivity index (χ3v) is 10.2. The van der Waals surface area contributed by atoms with Gasteiger partial charge in [0.05, 0.1) is 0 Å². The molecule has 3 heteroatoms. The van der Waals surface area contributed by atoms with Crippen LogP contribution in [0.4, 0.5) is 0 Å². The SMILES string of the molecule is c1ccc2c(c1)[Se]CCC[Se]CCC[Se]2. The number of rotatable bonds is 0. The number of hydrogen-bond donors (Lipinski definition) is 0. The Labute approximate surface area is 111 Å². The van der Waals surface area contributed by atoms with Crippen molar-refractivity contribution in [2.75, 3.05) is 0 Å². The van der Waals surface area contributed by atoms with Gasteiger partial charge in [-0.25, -0.2) is 0 Å². The van der Waals surface area contributed by atoms with Crippen molar-refractivity contribution in [1.82, 2.24) is 0 Å². The van der Waals surface area contributed by atoms with Crippen LogP contribution in [0, 0.1) is 0 Å². The van der Waals surface area contributed by atoms with Gasteiger partial charge in [-0.2, -0.15) is 0 Å². The molecular weight excluding hydrogens is 381 g/mol. The summed E-state index contributed by atoms with van der Waals surface area (Å²) in [6.07, 6.45) is 2.97. The summed E-state index contributed by atoms with van der Waals surface area (Å²) in [4.78, 5) is 0. The van der Waals surface area contributed by atoms with Gasteiger partial charge >= 0.3 is 112 Å². The van der Waals surface area contributed by atoms with Gasteiger partial charge in [0, 0.05) is 0 Å². The first-order valence-corrected chi connectivity index (χ1v) is 11.9. The molecule has 2 rings (SSSR count). The van der Waals surface area contributed by atoms with Gasteiger partial charge in [0.15, 0.2) is 0 Å². The van der Waals surface area contributed by atoms with Crippen LogP contribution in [0.2, 0.25) is 21.3 Å². The Bertz CT molecular complexity index is 270. The normalized spacial score (nSPS) is 18.9. The van der Waals surface area contributed by atoms with Gasteiger partial charge in [0.2, 0.25) is 0 Å². The molecule has 0 unspecified atom stereocenters. The van der Waals surface area contributed by atoms with Crippen LogP contribution in [-0.4, -0.2) is 44.9 Å². The molecular formula is C12H16Se3. The quantitative estimate of drug-likeness (QED) is 0.583. The fourth-order valence-corrected chi connectivity index (χ4v) is 10.3. The van der Waals surface area contributed by atoms with Gasteiger partial charge in [-0.15, -0.1) is 0 Å². The first-order chi connectivity index (χ1) is 7.47. The maximum atomic E-state index is 2.38. The second-order valence-corrected chi connectivity index (χ2v) is 10.8. The van der Waals surface area contributed by atoms with Crippen molar-refractivity contribution in [2.24, 2.45) is 0 Å². The summed E-state index contributed by atoms with van der Waals surface area (Å²) >= 11 is 2.49. The summed E-state index contributed by atoms with van der Waals surface area (Å²) < 4.78 is 3.42. The van der Waals surface area contributed by atoms with Crippen LogP contribution < -0.4 is 8.92 Å². The van der Waals surface area contributed by atoms with Crippen LogP contribution in [-0.2, 0) is 0 Å². The van der Waals surface area contributed by atoms with Gasteiger partial charge in [-0.05, 0) is 0 Å². The fraction of sp³-hybridized carbons (Fsp3) is 0.500. The molecule has 0 bridgehead atoms. The number of hydrogen-bond acceptors (Lipinski definition) is 0. The molecule has 82 valence electrons. The standard InChI is InChI=1S/C12H16Se3/c1-2-6-12-11(5-1)14-9-3-7-13-8-4-10-15-12/h1-2,5-6H,3-4,7-10H2. The Hall–Kier alpha value is 0.778. The summed E-state index contributed by atoms with van der Waals surface area (Å²) in [5, 5.41) is 6.01. The van der Waals surface area contributed by atoms with E-state index in [1.165, 1.54) is 34.1 Å². The Kier molecular flexibility index (Phi) is 5.85. The molecule has 1 heterocycles. The summed E-state index contributed by atoms with van der Waals surface area (Å²) in [6.45, 7) is 0. The Morgan fingerprint density at radius 2 is 1.27 bits per heavy atom. The van der Waals surface area contributed by atoms with Gasteiger partial charge < -0.3 is 0 Å². The van der Waals surface area contributed by atoms with E-state index in [2.05, 4.69) is 24.3 Å². The van der Waals surface area contributed by atoms with E-state index >= 15 is 0 Å². The molecule has 0 aromatic heterocycles. The van der Waals surface area contributed by atoms with Crippen molar-refractivity contribution < 1.29 is 0 Å². The van der Waals surface area contributed by atoms with Crippen LogP contribution in [0.15, 0.2) is 24.3 Å². The molecule has 0 fully saturated rings. The first kappa shape index (κ1) is 12.2. The monoisotopic (exact) mass is 400 g/mol. The zero-order chi connectivity index (χ0) is 10.3. The molecule has 1 aliphatic rings. The Balaban J connectivity index is 2.04. The van der Waals surface area contributed by atoms with Crippen LogP contribution >= 0.6 is 0 Å². The van der Waals surface area contributed by atoms with Crippen LogP contribution in [0.3, 0.4) is 0 Å². The Morgan fingerprint density at radius 1 is 0.733 bits per heavy atom. The van der Waals surface area contributed by atoms with Gasteiger partial charge in [-0.3, -0.25) is 0 Å². The second kappa shape index (κ2) is 7.17. The molecule has 0 radical (unpaired) electrons. The summed E-state index contributed by atoms with van der Waals surface area (Å²) in [5.41, 5.74) is 0. The van der Waals surface area contributed by atoms with Crippen molar-refractivity contribution in [3.05, 3.63) is 24.3 Å². The summed E-state index contributed by atoms with van der Waals surface area (Å²) in [5.74, 6) is 0. The molecule has 0 nitrogen and oxygen atoms in total. The van der Waals surface area contributed by atoms with Crippen LogP contribution in [0.1, 0.15) is 12.8 Å². The topological polar surface area (TPSA) is 0 Å². The molecule has 1 aliphatic heterocycles. The molecule has 0 spiro atoms. The number of benzene rings is 1. The van der Waals surface area contributed by atoms with Crippen molar-refractivity contribution in [3.8, 4) is 0 Å². The van der Waals surface area contributed by atoms with Crippen molar-refractivity contribution >= 4 is 53.8 Å². The van der Waals surface area contributed by atoms with Crippen molar-refractivity contribution in [1.29, 1.82) is 0 Å². The molecule has 0 saturated heterocycles. The molecule has 0 atom stereocenters. The maximum absolute atomic E-state index is 2.38. The summed E-state index contributed by atoms with van der Waals surface area (Å²) in [7, 11) is 0. The zero-order valence-electron chi connectivity index (χ0n) is 8.78.